The minimum Gasteiger partial charge on any atom is -0.396 e. The minimum absolute atomic E-state index is 0.0608. The molecule has 78 valence electrons. The monoisotopic (exact) mass is 210 g/mol. The standard InChI is InChI=1S/C10H8F2N2O/c1-2-3-14-10(15)7-4-6(11)5-8(13)9(7)12/h1,4-5H,3,13H2,(H,14,15). The van der Waals surface area contributed by atoms with Gasteiger partial charge in [-0.25, -0.2) is 8.78 Å². The Kier molecular flexibility index (Phi) is 3.24. The fourth-order valence-electron chi connectivity index (χ4n) is 1.00. The molecule has 0 spiro atoms. The largest absolute Gasteiger partial charge is 0.396 e. The van der Waals surface area contributed by atoms with E-state index in [1.807, 2.05) is 0 Å². The van der Waals surface area contributed by atoms with E-state index in [1.165, 1.54) is 0 Å². The topological polar surface area (TPSA) is 55.1 Å². The van der Waals surface area contributed by atoms with Gasteiger partial charge in [-0.15, -0.1) is 6.42 Å². The van der Waals surface area contributed by atoms with Crippen molar-refractivity contribution in [2.24, 2.45) is 0 Å². The van der Waals surface area contributed by atoms with Crippen LogP contribution in [0.15, 0.2) is 12.1 Å². The number of anilines is 1. The Morgan fingerprint density at radius 1 is 1.53 bits per heavy atom. The van der Waals surface area contributed by atoms with Crippen molar-refractivity contribution in [3.63, 3.8) is 0 Å². The Bertz CT molecular complexity index is 438. The first-order chi connectivity index (χ1) is 7.06. The summed E-state index contributed by atoms with van der Waals surface area (Å²) in [6.07, 6.45) is 4.90. The van der Waals surface area contributed by atoms with Gasteiger partial charge in [0.15, 0.2) is 5.82 Å². The maximum Gasteiger partial charge on any atom is 0.255 e. The summed E-state index contributed by atoms with van der Waals surface area (Å²) in [4.78, 5) is 11.3. The van der Waals surface area contributed by atoms with E-state index in [9.17, 15) is 13.6 Å². The molecular weight excluding hydrogens is 202 g/mol. The fraction of sp³-hybridized carbons (Fsp3) is 0.100. The van der Waals surface area contributed by atoms with Crippen LogP contribution in [0.5, 0.6) is 0 Å². The summed E-state index contributed by atoms with van der Waals surface area (Å²) in [5, 5.41) is 2.21. The number of nitrogens with one attached hydrogen (secondary N) is 1. The molecule has 1 aromatic carbocycles. The number of nitrogens with two attached hydrogens (primary N) is 1. The van der Waals surface area contributed by atoms with Crippen LogP contribution in [-0.4, -0.2) is 12.5 Å². The normalized spacial score (nSPS) is 9.40. The third kappa shape index (κ3) is 2.44. The number of rotatable bonds is 2. The van der Waals surface area contributed by atoms with Gasteiger partial charge in [-0.3, -0.25) is 4.79 Å². The lowest BCUT2D eigenvalue weighted by atomic mass is 10.1. The van der Waals surface area contributed by atoms with Crippen molar-refractivity contribution in [2.75, 3.05) is 12.3 Å². The van der Waals surface area contributed by atoms with E-state index in [0.717, 1.165) is 12.1 Å². The van der Waals surface area contributed by atoms with Gasteiger partial charge >= 0.3 is 0 Å². The van der Waals surface area contributed by atoms with Crippen molar-refractivity contribution < 1.29 is 13.6 Å². The number of hydrogen-bond acceptors (Lipinski definition) is 2. The predicted octanol–water partition coefficient (Wildman–Crippen LogP) is 0.910. The molecule has 5 heteroatoms. The van der Waals surface area contributed by atoms with Crippen molar-refractivity contribution in [3.8, 4) is 12.3 Å². The lowest BCUT2D eigenvalue weighted by molar-refractivity contribution is 0.0954. The van der Waals surface area contributed by atoms with Crippen LogP contribution in [-0.2, 0) is 0 Å². The smallest absolute Gasteiger partial charge is 0.255 e. The number of carbonyl (C=O) groups excluding carboxylic acids is 1. The van der Waals surface area contributed by atoms with E-state index < -0.39 is 28.8 Å². The highest BCUT2D eigenvalue weighted by Crippen LogP contribution is 2.17. The molecular formula is C10H8F2N2O. The zero-order valence-electron chi connectivity index (χ0n) is 7.68. The van der Waals surface area contributed by atoms with Gasteiger partial charge in [-0.2, -0.15) is 0 Å². The molecule has 1 rings (SSSR count). The molecule has 0 saturated heterocycles. The molecule has 1 aromatic rings. The summed E-state index contributed by atoms with van der Waals surface area (Å²) < 4.78 is 26.1. The maximum absolute atomic E-state index is 13.3. The predicted molar refractivity (Wildman–Crippen MR) is 51.9 cm³/mol. The molecule has 0 aliphatic carbocycles. The van der Waals surface area contributed by atoms with Crippen LogP contribution in [0.4, 0.5) is 14.5 Å². The third-order valence-electron chi connectivity index (χ3n) is 1.66. The molecule has 0 bridgehead atoms. The maximum atomic E-state index is 13.3. The summed E-state index contributed by atoms with van der Waals surface area (Å²) in [5.41, 5.74) is 4.28. The summed E-state index contributed by atoms with van der Waals surface area (Å²) in [5.74, 6) is -0.388. The Morgan fingerprint density at radius 3 is 2.80 bits per heavy atom. The van der Waals surface area contributed by atoms with Crippen LogP contribution in [0.1, 0.15) is 10.4 Å². The van der Waals surface area contributed by atoms with Crippen molar-refractivity contribution in [2.45, 2.75) is 0 Å². The summed E-state index contributed by atoms with van der Waals surface area (Å²) in [6.45, 7) is -0.0608. The van der Waals surface area contributed by atoms with E-state index in [4.69, 9.17) is 12.2 Å². The molecule has 15 heavy (non-hydrogen) atoms. The fourth-order valence-corrected chi connectivity index (χ4v) is 1.00. The second kappa shape index (κ2) is 4.42. The molecule has 3 N–H and O–H groups in total. The molecule has 0 unspecified atom stereocenters. The second-order valence-corrected chi connectivity index (χ2v) is 2.74. The van der Waals surface area contributed by atoms with E-state index in [1.54, 1.807) is 0 Å². The van der Waals surface area contributed by atoms with Gasteiger partial charge < -0.3 is 11.1 Å². The zero-order valence-corrected chi connectivity index (χ0v) is 7.68. The second-order valence-electron chi connectivity index (χ2n) is 2.74. The Hall–Kier alpha value is -2.09. The van der Waals surface area contributed by atoms with E-state index in [2.05, 4.69) is 11.2 Å². The van der Waals surface area contributed by atoms with Gasteiger partial charge in [0.1, 0.15) is 5.82 Å². The van der Waals surface area contributed by atoms with Crippen LogP contribution in [0.3, 0.4) is 0 Å². The molecule has 0 radical (unpaired) electrons. The Balaban J connectivity index is 3.04. The Morgan fingerprint density at radius 2 is 2.20 bits per heavy atom. The van der Waals surface area contributed by atoms with E-state index >= 15 is 0 Å². The van der Waals surface area contributed by atoms with Crippen LogP contribution in [0.2, 0.25) is 0 Å². The van der Waals surface area contributed by atoms with Crippen molar-refractivity contribution >= 4 is 11.6 Å². The molecule has 0 saturated carbocycles. The van der Waals surface area contributed by atoms with E-state index in [-0.39, 0.29) is 6.54 Å². The average molecular weight is 210 g/mol. The number of carbonyl (C=O) groups is 1. The molecule has 0 atom stereocenters. The summed E-state index contributed by atoms with van der Waals surface area (Å²) in [6, 6.07) is 1.56. The molecule has 0 heterocycles. The van der Waals surface area contributed by atoms with Gasteiger partial charge in [-0.05, 0) is 12.1 Å². The minimum atomic E-state index is -0.953. The number of benzene rings is 1. The molecule has 0 fully saturated rings. The quantitative estimate of drug-likeness (QED) is 0.563. The number of nitrogen functional groups attached to an aromatic ring is 1. The van der Waals surface area contributed by atoms with Gasteiger partial charge in [0.2, 0.25) is 0 Å². The third-order valence-corrected chi connectivity index (χ3v) is 1.66. The lowest BCUT2D eigenvalue weighted by Gasteiger charge is -2.05. The average Bonchev–Trinajstić information content (AvgIpc) is 2.19. The Labute approximate surface area is 85.3 Å². The first kappa shape index (κ1) is 11.0. The van der Waals surface area contributed by atoms with Crippen molar-refractivity contribution in [3.05, 3.63) is 29.3 Å². The van der Waals surface area contributed by atoms with Gasteiger partial charge in [0.05, 0.1) is 17.8 Å². The molecule has 0 aliphatic heterocycles. The molecule has 3 nitrogen and oxygen atoms in total. The highest BCUT2D eigenvalue weighted by atomic mass is 19.1. The molecule has 0 aliphatic rings. The highest BCUT2D eigenvalue weighted by Gasteiger charge is 2.15. The zero-order chi connectivity index (χ0) is 11.4. The highest BCUT2D eigenvalue weighted by molar-refractivity contribution is 5.95. The SMILES string of the molecule is C#CCNC(=O)c1cc(F)cc(N)c1F. The number of amides is 1. The number of terminal acetylenes is 1. The molecule has 0 aromatic heterocycles. The van der Waals surface area contributed by atoms with E-state index in [0.29, 0.717) is 0 Å². The van der Waals surface area contributed by atoms with Crippen molar-refractivity contribution in [1.29, 1.82) is 0 Å². The molecule has 1 amide bonds. The first-order valence-electron chi connectivity index (χ1n) is 4.02. The van der Waals surface area contributed by atoms with Gasteiger partial charge in [-0.1, -0.05) is 5.92 Å². The van der Waals surface area contributed by atoms with Crippen LogP contribution in [0.25, 0.3) is 0 Å². The van der Waals surface area contributed by atoms with Crippen molar-refractivity contribution in [1.82, 2.24) is 5.32 Å². The van der Waals surface area contributed by atoms with Crippen LogP contribution in [0, 0.1) is 24.0 Å². The van der Waals surface area contributed by atoms with Gasteiger partial charge in [0, 0.05) is 0 Å². The lowest BCUT2D eigenvalue weighted by Crippen LogP contribution is -2.25. The number of hydrogen-bond donors (Lipinski definition) is 2. The summed E-state index contributed by atoms with van der Waals surface area (Å²) in [7, 11) is 0. The number of halogens is 2. The first-order valence-corrected chi connectivity index (χ1v) is 4.02. The van der Waals surface area contributed by atoms with Gasteiger partial charge in [0.25, 0.3) is 5.91 Å². The van der Waals surface area contributed by atoms with Crippen LogP contribution >= 0.6 is 0 Å². The summed E-state index contributed by atoms with van der Waals surface area (Å²) >= 11 is 0. The van der Waals surface area contributed by atoms with Crippen LogP contribution < -0.4 is 11.1 Å².